The largest absolute Gasteiger partial charge is 0.479 e. The van der Waals surface area contributed by atoms with E-state index in [0.29, 0.717) is 21.7 Å². The summed E-state index contributed by atoms with van der Waals surface area (Å²) in [6.45, 7) is 9.66. The molecule has 25 heavy (non-hydrogen) atoms. The number of hydrazone groups is 1. The third-order valence-corrected chi connectivity index (χ3v) is 4.70. The fourth-order valence-electron chi connectivity index (χ4n) is 2.45. The van der Waals surface area contributed by atoms with Gasteiger partial charge < -0.3 is 4.74 Å². The molecular formula is C19H22Cl2N2O2. The monoisotopic (exact) mass is 380 g/mol. The first-order valence-corrected chi connectivity index (χ1v) is 8.84. The molecule has 1 aromatic rings. The fraction of sp³-hybridized carbons (Fsp3) is 0.368. The van der Waals surface area contributed by atoms with Crippen LogP contribution in [0.3, 0.4) is 0 Å². The number of carbonyl (C=O) groups excluding carboxylic acids is 1. The highest BCUT2D eigenvalue weighted by molar-refractivity contribution is 6.35. The maximum atomic E-state index is 12.2. The molecule has 0 aromatic heterocycles. The molecule has 0 spiro atoms. The first-order valence-electron chi connectivity index (χ1n) is 8.08. The van der Waals surface area contributed by atoms with Gasteiger partial charge in [0.15, 0.2) is 6.10 Å². The molecule has 0 radical (unpaired) electrons. The first kappa shape index (κ1) is 19.5. The molecule has 6 heteroatoms. The van der Waals surface area contributed by atoms with Crippen LogP contribution < -0.4 is 10.2 Å². The Balaban J connectivity index is 1.99. The Labute approximate surface area is 158 Å². The minimum atomic E-state index is -0.743. The van der Waals surface area contributed by atoms with E-state index < -0.39 is 6.10 Å². The second-order valence-electron chi connectivity index (χ2n) is 6.24. The second kappa shape index (κ2) is 8.54. The van der Waals surface area contributed by atoms with Crippen molar-refractivity contribution in [2.24, 2.45) is 11.0 Å². The van der Waals surface area contributed by atoms with E-state index in [2.05, 4.69) is 23.2 Å². The van der Waals surface area contributed by atoms with Crippen molar-refractivity contribution in [2.45, 2.75) is 39.7 Å². The topological polar surface area (TPSA) is 50.7 Å². The van der Waals surface area contributed by atoms with E-state index in [9.17, 15) is 4.79 Å². The quantitative estimate of drug-likeness (QED) is 0.565. The SMILES string of the molecule is C=C(C)[C@@H]1CC=C(C)/C(=N\NC(=O)[C@@H](C)Oc2ccc(Cl)cc2Cl)C1. The van der Waals surface area contributed by atoms with Gasteiger partial charge in [0.25, 0.3) is 5.91 Å². The Bertz CT molecular complexity index is 741. The summed E-state index contributed by atoms with van der Waals surface area (Å²) in [6, 6.07) is 4.85. The van der Waals surface area contributed by atoms with Crippen LogP contribution in [0.5, 0.6) is 5.75 Å². The summed E-state index contributed by atoms with van der Waals surface area (Å²) < 4.78 is 5.59. The standard InChI is InChI=1S/C19H22Cl2N2O2/c1-11(2)14-6-5-12(3)17(9-14)22-23-19(24)13(4)25-18-8-7-15(20)10-16(18)21/h5,7-8,10,13-14H,1,6,9H2,2-4H3,(H,23,24)/b22-17-/t13-,14-/m1/s1. The van der Waals surface area contributed by atoms with E-state index in [0.717, 1.165) is 29.7 Å². The third kappa shape index (κ3) is 5.35. The number of ether oxygens (including phenoxy) is 1. The van der Waals surface area contributed by atoms with Crippen LogP contribution >= 0.6 is 23.2 Å². The van der Waals surface area contributed by atoms with Gasteiger partial charge in [-0.3, -0.25) is 4.79 Å². The minimum Gasteiger partial charge on any atom is -0.479 e. The average molecular weight is 381 g/mol. The van der Waals surface area contributed by atoms with E-state index in [-0.39, 0.29) is 5.91 Å². The zero-order valence-corrected chi connectivity index (χ0v) is 16.1. The lowest BCUT2D eigenvalue weighted by molar-refractivity contribution is -0.127. The van der Waals surface area contributed by atoms with Crippen LogP contribution in [0.2, 0.25) is 10.0 Å². The second-order valence-corrected chi connectivity index (χ2v) is 7.08. The molecule has 0 heterocycles. The maximum absolute atomic E-state index is 12.2. The smallest absolute Gasteiger partial charge is 0.280 e. The Hall–Kier alpha value is -1.78. The number of rotatable bonds is 5. The minimum absolute atomic E-state index is 0.344. The van der Waals surface area contributed by atoms with Crippen molar-refractivity contribution in [1.82, 2.24) is 5.43 Å². The summed E-state index contributed by atoms with van der Waals surface area (Å²) in [7, 11) is 0. The predicted octanol–water partition coefficient (Wildman–Crippen LogP) is 5.17. The van der Waals surface area contributed by atoms with Crippen LogP contribution in [-0.4, -0.2) is 17.7 Å². The lowest BCUT2D eigenvalue weighted by Crippen LogP contribution is -2.34. The number of nitrogens with one attached hydrogen (secondary N) is 1. The van der Waals surface area contributed by atoms with Gasteiger partial charge in [-0.1, -0.05) is 41.4 Å². The maximum Gasteiger partial charge on any atom is 0.280 e. The fourth-order valence-corrected chi connectivity index (χ4v) is 2.91. The van der Waals surface area contributed by atoms with Gasteiger partial charge in [0.2, 0.25) is 0 Å². The van der Waals surface area contributed by atoms with Gasteiger partial charge >= 0.3 is 0 Å². The lowest BCUT2D eigenvalue weighted by Gasteiger charge is -2.22. The van der Waals surface area contributed by atoms with Gasteiger partial charge in [0.1, 0.15) is 5.75 Å². The number of benzene rings is 1. The van der Waals surface area contributed by atoms with Crippen LogP contribution in [-0.2, 0) is 4.79 Å². The molecule has 0 bridgehead atoms. The number of amides is 1. The Kier molecular flexibility index (Phi) is 6.68. The normalized spacial score (nSPS) is 20.0. The van der Waals surface area contributed by atoms with Gasteiger partial charge in [-0.15, -0.1) is 0 Å². The Morgan fingerprint density at radius 1 is 1.44 bits per heavy atom. The molecule has 0 unspecified atom stereocenters. The predicted molar refractivity (Wildman–Crippen MR) is 103 cm³/mol. The van der Waals surface area contributed by atoms with Gasteiger partial charge in [0, 0.05) is 5.02 Å². The number of allylic oxidation sites excluding steroid dienone is 3. The summed E-state index contributed by atoms with van der Waals surface area (Å²) in [5.74, 6) is 0.419. The van der Waals surface area contributed by atoms with Crippen molar-refractivity contribution in [3.05, 3.63) is 52.0 Å². The molecule has 0 aliphatic heterocycles. The number of hydrogen-bond donors (Lipinski definition) is 1. The highest BCUT2D eigenvalue weighted by Crippen LogP contribution is 2.28. The van der Waals surface area contributed by atoms with Gasteiger partial charge in [0.05, 0.1) is 10.7 Å². The molecule has 1 aliphatic rings. The molecular weight excluding hydrogens is 359 g/mol. The number of halogens is 2. The van der Waals surface area contributed by atoms with E-state index in [1.807, 2.05) is 13.8 Å². The summed E-state index contributed by atoms with van der Waals surface area (Å²) in [6.07, 6.45) is 3.12. The molecule has 4 nitrogen and oxygen atoms in total. The zero-order valence-electron chi connectivity index (χ0n) is 14.6. The van der Waals surface area contributed by atoms with Crippen LogP contribution in [0.1, 0.15) is 33.6 Å². The Morgan fingerprint density at radius 2 is 2.16 bits per heavy atom. The molecule has 2 atom stereocenters. The number of hydrogen-bond acceptors (Lipinski definition) is 3. The van der Waals surface area contributed by atoms with E-state index in [1.165, 1.54) is 0 Å². The number of nitrogens with zero attached hydrogens (tertiary/aromatic N) is 1. The van der Waals surface area contributed by atoms with Crippen molar-refractivity contribution in [2.75, 3.05) is 0 Å². The lowest BCUT2D eigenvalue weighted by atomic mass is 9.85. The molecule has 1 aromatic carbocycles. The molecule has 2 rings (SSSR count). The van der Waals surface area contributed by atoms with Crippen LogP contribution in [0.25, 0.3) is 0 Å². The van der Waals surface area contributed by atoms with Gasteiger partial charge in [-0.25, -0.2) is 5.43 Å². The molecule has 1 aliphatic carbocycles. The van der Waals surface area contributed by atoms with Crippen molar-refractivity contribution in [1.29, 1.82) is 0 Å². The summed E-state index contributed by atoms with van der Waals surface area (Å²) in [5, 5.41) is 5.13. The van der Waals surface area contributed by atoms with Crippen molar-refractivity contribution >= 4 is 34.8 Å². The van der Waals surface area contributed by atoms with Crippen LogP contribution in [0.15, 0.2) is 47.1 Å². The average Bonchev–Trinajstić information content (AvgIpc) is 2.56. The highest BCUT2D eigenvalue weighted by atomic mass is 35.5. The van der Waals surface area contributed by atoms with Crippen molar-refractivity contribution in [3.8, 4) is 5.75 Å². The summed E-state index contributed by atoms with van der Waals surface area (Å²) in [4.78, 5) is 12.2. The molecule has 1 amide bonds. The third-order valence-electron chi connectivity index (χ3n) is 4.17. The van der Waals surface area contributed by atoms with Gasteiger partial charge in [-0.2, -0.15) is 5.10 Å². The first-order chi connectivity index (χ1) is 11.8. The molecule has 134 valence electrons. The molecule has 0 saturated carbocycles. The molecule has 1 N–H and O–H groups in total. The van der Waals surface area contributed by atoms with Crippen molar-refractivity contribution in [3.63, 3.8) is 0 Å². The van der Waals surface area contributed by atoms with E-state index >= 15 is 0 Å². The summed E-state index contributed by atoms with van der Waals surface area (Å²) in [5.41, 5.74) is 5.64. The van der Waals surface area contributed by atoms with Crippen molar-refractivity contribution < 1.29 is 9.53 Å². The highest BCUT2D eigenvalue weighted by Gasteiger charge is 2.20. The van der Waals surface area contributed by atoms with E-state index in [1.54, 1.807) is 25.1 Å². The molecule has 0 saturated heterocycles. The Morgan fingerprint density at radius 3 is 2.80 bits per heavy atom. The van der Waals surface area contributed by atoms with Crippen LogP contribution in [0, 0.1) is 5.92 Å². The van der Waals surface area contributed by atoms with Gasteiger partial charge in [-0.05, 0) is 63.3 Å². The number of carbonyl (C=O) groups is 1. The molecule has 0 fully saturated rings. The van der Waals surface area contributed by atoms with Crippen LogP contribution in [0.4, 0.5) is 0 Å². The summed E-state index contributed by atoms with van der Waals surface area (Å²) >= 11 is 11.9. The van der Waals surface area contributed by atoms with E-state index in [4.69, 9.17) is 27.9 Å². The zero-order chi connectivity index (χ0) is 18.6.